The molecule has 0 N–H and O–H groups in total. The number of hydrogen-bond donors (Lipinski definition) is 0. The molecule has 1 saturated heterocycles. The summed E-state index contributed by atoms with van der Waals surface area (Å²) in [6, 6.07) is 4.28. The van der Waals surface area contributed by atoms with Crippen molar-refractivity contribution in [2.75, 3.05) is 7.05 Å². The number of hydrogen-bond acceptors (Lipinski definition) is 2. The molecular formula is C11H14N2O. The van der Waals surface area contributed by atoms with Crippen LogP contribution in [-0.2, 0) is 4.79 Å². The standard InChI is InChI=1S/C11H14N2O/c1-8-3-4-9(7-12-8)10-5-6-11(14)13(10)2/h3-4,7,10H,5-6H2,1-2H3/t10-/m0/s1. The van der Waals surface area contributed by atoms with Crippen LogP contribution in [0.5, 0.6) is 0 Å². The van der Waals surface area contributed by atoms with Gasteiger partial charge in [0.2, 0.25) is 5.91 Å². The third kappa shape index (κ3) is 1.50. The third-order valence-electron chi connectivity index (χ3n) is 2.81. The van der Waals surface area contributed by atoms with Crippen molar-refractivity contribution >= 4 is 5.91 Å². The number of carbonyl (C=O) groups excluding carboxylic acids is 1. The first kappa shape index (κ1) is 9.19. The predicted molar refractivity (Wildman–Crippen MR) is 53.7 cm³/mol. The first-order chi connectivity index (χ1) is 6.68. The van der Waals surface area contributed by atoms with Gasteiger partial charge in [-0.2, -0.15) is 0 Å². The minimum atomic E-state index is 0.232. The lowest BCUT2D eigenvalue weighted by Gasteiger charge is -2.19. The number of pyridine rings is 1. The van der Waals surface area contributed by atoms with Crippen LogP contribution in [0.25, 0.3) is 0 Å². The average Bonchev–Trinajstić information content (AvgIpc) is 2.50. The van der Waals surface area contributed by atoms with Crippen molar-refractivity contribution in [2.24, 2.45) is 0 Å². The van der Waals surface area contributed by atoms with Crippen LogP contribution in [-0.4, -0.2) is 22.8 Å². The van der Waals surface area contributed by atoms with Gasteiger partial charge in [-0.15, -0.1) is 0 Å². The number of amides is 1. The molecule has 1 fully saturated rings. The molecule has 1 aliphatic heterocycles. The average molecular weight is 190 g/mol. The molecule has 1 atom stereocenters. The van der Waals surface area contributed by atoms with Crippen molar-refractivity contribution in [3.05, 3.63) is 29.6 Å². The van der Waals surface area contributed by atoms with Gasteiger partial charge >= 0.3 is 0 Å². The number of rotatable bonds is 1. The molecule has 3 heteroatoms. The maximum absolute atomic E-state index is 11.3. The lowest BCUT2D eigenvalue weighted by Crippen LogP contribution is -2.22. The molecule has 2 heterocycles. The quantitative estimate of drug-likeness (QED) is 0.675. The van der Waals surface area contributed by atoms with E-state index in [0.29, 0.717) is 6.42 Å². The van der Waals surface area contributed by atoms with Gasteiger partial charge in [-0.25, -0.2) is 0 Å². The molecule has 0 saturated carbocycles. The van der Waals surface area contributed by atoms with Crippen LogP contribution in [0.4, 0.5) is 0 Å². The molecule has 74 valence electrons. The van der Waals surface area contributed by atoms with Crippen LogP contribution < -0.4 is 0 Å². The van der Waals surface area contributed by atoms with Gasteiger partial charge in [0, 0.05) is 25.4 Å². The van der Waals surface area contributed by atoms with Crippen molar-refractivity contribution in [3.8, 4) is 0 Å². The van der Waals surface area contributed by atoms with Crippen molar-refractivity contribution in [1.82, 2.24) is 9.88 Å². The van der Waals surface area contributed by atoms with E-state index < -0.39 is 0 Å². The number of aryl methyl sites for hydroxylation is 1. The molecular weight excluding hydrogens is 176 g/mol. The Kier molecular flexibility index (Phi) is 2.23. The van der Waals surface area contributed by atoms with E-state index in [1.54, 1.807) is 0 Å². The van der Waals surface area contributed by atoms with Gasteiger partial charge in [-0.3, -0.25) is 9.78 Å². The normalized spacial score (nSPS) is 21.7. The zero-order chi connectivity index (χ0) is 10.1. The van der Waals surface area contributed by atoms with Gasteiger partial charge in [0.05, 0.1) is 6.04 Å². The monoisotopic (exact) mass is 190 g/mol. The van der Waals surface area contributed by atoms with E-state index in [1.807, 2.05) is 31.1 Å². The summed E-state index contributed by atoms with van der Waals surface area (Å²) in [4.78, 5) is 17.4. The summed E-state index contributed by atoms with van der Waals surface area (Å²) in [5.74, 6) is 0.232. The van der Waals surface area contributed by atoms with Crippen LogP contribution in [0.2, 0.25) is 0 Å². The molecule has 14 heavy (non-hydrogen) atoms. The summed E-state index contributed by atoms with van der Waals surface area (Å²) in [5, 5.41) is 0. The van der Waals surface area contributed by atoms with Crippen molar-refractivity contribution < 1.29 is 4.79 Å². The smallest absolute Gasteiger partial charge is 0.222 e. The fourth-order valence-electron chi connectivity index (χ4n) is 1.87. The second-order valence-electron chi connectivity index (χ2n) is 3.79. The first-order valence-corrected chi connectivity index (χ1v) is 4.86. The SMILES string of the molecule is Cc1ccc([C@@H]2CCC(=O)N2C)cn1. The Balaban J connectivity index is 2.23. The Morgan fingerprint density at radius 2 is 2.29 bits per heavy atom. The van der Waals surface area contributed by atoms with Gasteiger partial charge in [-0.1, -0.05) is 6.07 Å². The predicted octanol–water partition coefficient (Wildman–Crippen LogP) is 1.68. The molecule has 0 unspecified atom stereocenters. The van der Waals surface area contributed by atoms with Crippen molar-refractivity contribution in [3.63, 3.8) is 0 Å². The second-order valence-corrected chi connectivity index (χ2v) is 3.79. The molecule has 0 aromatic carbocycles. The minimum absolute atomic E-state index is 0.232. The summed E-state index contributed by atoms with van der Waals surface area (Å²) in [6.07, 6.45) is 3.45. The maximum atomic E-state index is 11.3. The summed E-state index contributed by atoms with van der Waals surface area (Å²) in [5.41, 5.74) is 2.16. The Hall–Kier alpha value is -1.38. The van der Waals surface area contributed by atoms with E-state index in [9.17, 15) is 4.79 Å². The zero-order valence-corrected chi connectivity index (χ0v) is 8.53. The number of carbonyl (C=O) groups is 1. The number of aromatic nitrogens is 1. The Bertz CT molecular complexity index is 345. The van der Waals surface area contributed by atoms with Gasteiger partial charge in [-0.05, 0) is 25.0 Å². The highest BCUT2D eigenvalue weighted by molar-refractivity contribution is 5.78. The van der Waals surface area contributed by atoms with Crippen LogP contribution in [0.1, 0.15) is 30.1 Å². The van der Waals surface area contributed by atoms with Crippen LogP contribution in [0, 0.1) is 6.92 Å². The molecule has 3 nitrogen and oxygen atoms in total. The van der Waals surface area contributed by atoms with E-state index in [4.69, 9.17) is 0 Å². The van der Waals surface area contributed by atoms with E-state index in [1.165, 1.54) is 0 Å². The highest BCUT2D eigenvalue weighted by Crippen LogP contribution is 2.30. The highest BCUT2D eigenvalue weighted by atomic mass is 16.2. The second kappa shape index (κ2) is 3.40. The minimum Gasteiger partial charge on any atom is -0.339 e. The molecule has 0 aliphatic carbocycles. The maximum Gasteiger partial charge on any atom is 0.222 e. The van der Waals surface area contributed by atoms with Crippen LogP contribution in [0.3, 0.4) is 0 Å². The summed E-state index contributed by atoms with van der Waals surface area (Å²) >= 11 is 0. The van der Waals surface area contributed by atoms with E-state index in [-0.39, 0.29) is 11.9 Å². The van der Waals surface area contributed by atoms with Gasteiger partial charge in [0.1, 0.15) is 0 Å². The third-order valence-corrected chi connectivity index (χ3v) is 2.81. The topological polar surface area (TPSA) is 33.2 Å². The molecule has 1 amide bonds. The summed E-state index contributed by atoms with van der Waals surface area (Å²) in [6.45, 7) is 1.97. The van der Waals surface area contributed by atoms with E-state index >= 15 is 0 Å². The molecule has 1 aromatic heterocycles. The lowest BCUT2D eigenvalue weighted by atomic mass is 10.1. The number of likely N-dealkylation sites (tertiary alicyclic amines) is 1. The fraction of sp³-hybridized carbons (Fsp3) is 0.455. The Labute approximate surface area is 83.8 Å². The molecule has 1 aliphatic rings. The van der Waals surface area contributed by atoms with Crippen LogP contribution >= 0.6 is 0 Å². The largest absolute Gasteiger partial charge is 0.339 e. The molecule has 2 rings (SSSR count). The first-order valence-electron chi connectivity index (χ1n) is 4.86. The van der Waals surface area contributed by atoms with Gasteiger partial charge in [0.15, 0.2) is 0 Å². The van der Waals surface area contributed by atoms with Crippen molar-refractivity contribution in [1.29, 1.82) is 0 Å². The fourth-order valence-corrected chi connectivity index (χ4v) is 1.87. The molecule has 0 radical (unpaired) electrons. The van der Waals surface area contributed by atoms with Gasteiger partial charge < -0.3 is 4.90 Å². The van der Waals surface area contributed by atoms with E-state index in [0.717, 1.165) is 17.7 Å². The van der Waals surface area contributed by atoms with E-state index in [2.05, 4.69) is 11.1 Å². The lowest BCUT2D eigenvalue weighted by molar-refractivity contribution is -0.127. The van der Waals surface area contributed by atoms with Crippen LogP contribution in [0.15, 0.2) is 18.3 Å². The Morgan fingerprint density at radius 3 is 2.79 bits per heavy atom. The molecule has 0 spiro atoms. The van der Waals surface area contributed by atoms with Gasteiger partial charge in [0.25, 0.3) is 0 Å². The molecule has 1 aromatic rings. The van der Waals surface area contributed by atoms with Crippen molar-refractivity contribution in [2.45, 2.75) is 25.8 Å². The highest BCUT2D eigenvalue weighted by Gasteiger charge is 2.28. The summed E-state index contributed by atoms with van der Waals surface area (Å²) in [7, 11) is 1.86. The molecule has 0 bridgehead atoms. The number of nitrogens with zero attached hydrogens (tertiary/aromatic N) is 2. The Morgan fingerprint density at radius 1 is 1.50 bits per heavy atom. The zero-order valence-electron chi connectivity index (χ0n) is 8.53. The summed E-state index contributed by atoms with van der Waals surface area (Å²) < 4.78 is 0.